The van der Waals surface area contributed by atoms with Gasteiger partial charge in [-0.2, -0.15) is 13.2 Å². The quantitative estimate of drug-likeness (QED) is 0.642. The molecule has 0 heterocycles. The van der Waals surface area contributed by atoms with Crippen LogP contribution < -0.4 is 5.32 Å². The normalized spacial score (nSPS) is 11.1. The maximum atomic E-state index is 12.0. The van der Waals surface area contributed by atoms with Crippen LogP contribution in [0.1, 0.15) is 10.4 Å². The average Bonchev–Trinajstić information content (AvgIpc) is 2.24. The summed E-state index contributed by atoms with van der Waals surface area (Å²) in [7, 11) is 0. The molecular weight excluding hydrogens is 257 g/mol. The third kappa shape index (κ3) is 3.61. The van der Waals surface area contributed by atoms with E-state index < -0.39 is 34.9 Å². The van der Waals surface area contributed by atoms with E-state index >= 15 is 0 Å². The number of nitrogens with zero attached hydrogens (tertiary/aromatic N) is 1. The van der Waals surface area contributed by atoms with Crippen molar-refractivity contribution in [1.82, 2.24) is 0 Å². The van der Waals surface area contributed by atoms with E-state index in [4.69, 9.17) is 5.11 Å². The van der Waals surface area contributed by atoms with Crippen molar-refractivity contribution in [2.45, 2.75) is 6.18 Å². The van der Waals surface area contributed by atoms with Crippen LogP contribution in [0.5, 0.6) is 0 Å². The van der Waals surface area contributed by atoms with Gasteiger partial charge in [0.2, 0.25) is 0 Å². The van der Waals surface area contributed by atoms with E-state index in [0.717, 1.165) is 12.1 Å². The Morgan fingerprint density at radius 3 is 2.50 bits per heavy atom. The molecule has 0 atom stereocenters. The zero-order chi connectivity index (χ0) is 13.9. The number of alkyl halides is 3. The molecule has 0 spiro atoms. The van der Waals surface area contributed by atoms with Gasteiger partial charge in [0.25, 0.3) is 5.69 Å². The number of nitrogens with one attached hydrogen (secondary N) is 1. The summed E-state index contributed by atoms with van der Waals surface area (Å²) in [5, 5.41) is 21.0. The Morgan fingerprint density at radius 1 is 1.44 bits per heavy atom. The molecule has 0 fully saturated rings. The van der Waals surface area contributed by atoms with Crippen molar-refractivity contribution in [1.29, 1.82) is 0 Å². The summed E-state index contributed by atoms with van der Waals surface area (Å²) in [6.07, 6.45) is -4.52. The zero-order valence-electron chi connectivity index (χ0n) is 8.69. The Labute approximate surface area is 98.2 Å². The first-order valence-electron chi connectivity index (χ1n) is 4.53. The Balaban J connectivity index is 3.05. The summed E-state index contributed by atoms with van der Waals surface area (Å²) >= 11 is 0. The first-order valence-corrected chi connectivity index (χ1v) is 4.53. The van der Waals surface area contributed by atoms with Crippen molar-refractivity contribution in [2.75, 3.05) is 11.9 Å². The number of rotatable bonds is 4. The first kappa shape index (κ1) is 13.7. The fourth-order valence-electron chi connectivity index (χ4n) is 1.17. The number of non-ortho nitro benzene ring substituents is 1. The number of nitro benzene ring substituents is 1. The summed E-state index contributed by atoms with van der Waals surface area (Å²) in [6, 6.07) is 2.54. The van der Waals surface area contributed by atoms with Gasteiger partial charge >= 0.3 is 12.1 Å². The topological polar surface area (TPSA) is 92.5 Å². The number of carboxylic acids is 1. The maximum Gasteiger partial charge on any atom is 0.405 e. The van der Waals surface area contributed by atoms with Crippen LogP contribution in [0, 0.1) is 10.1 Å². The van der Waals surface area contributed by atoms with Gasteiger partial charge in [-0.25, -0.2) is 4.79 Å². The van der Waals surface area contributed by atoms with E-state index in [2.05, 4.69) is 0 Å². The number of hydrogen-bond acceptors (Lipinski definition) is 4. The molecule has 0 aliphatic carbocycles. The lowest BCUT2D eigenvalue weighted by molar-refractivity contribution is -0.384. The highest BCUT2D eigenvalue weighted by Gasteiger charge is 2.27. The lowest BCUT2D eigenvalue weighted by atomic mass is 10.1. The van der Waals surface area contributed by atoms with Crippen molar-refractivity contribution < 1.29 is 28.0 Å². The number of carboxylic acid groups (broad SMARTS) is 1. The van der Waals surface area contributed by atoms with E-state index in [-0.39, 0.29) is 5.69 Å². The highest BCUT2D eigenvalue weighted by molar-refractivity contribution is 5.95. The first-order chi connectivity index (χ1) is 8.20. The Hall–Kier alpha value is -2.32. The molecule has 9 heteroatoms. The molecule has 1 aromatic carbocycles. The largest absolute Gasteiger partial charge is 0.478 e. The smallest absolute Gasteiger partial charge is 0.405 e. The molecule has 0 aromatic heterocycles. The van der Waals surface area contributed by atoms with Gasteiger partial charge in [0.15, 0.2) is 0 Å². The summed E-state index contributed by atoms with van der Waals surface area (Å²) in [6.45, 7) is -1.43. The molecule has 2 N–H and O–H groups in total. The SMILES string of the molecule is O=C(O)c1cc([N+](=O)[O-])ccc1NCC(F)(F)F. The second kappa shape index (κ2) is 4.90. The lowest BCUT2D eigenvalue weighted by Crippen LogP contribution is -2.22. The van der Waals surface area contributed by atoms with Gasteiger partial charge < -0.3 is 10.4 Å². The number of halogens is 3. The molecule has 0 saturated heterocycles. The van der Waals surface area contributed by atoms with Gasteiger partial charge in [-0.3, -0.25) is 10.1 Å². The fourth-order valence-corrected chi connectivity index (χ4v) is 1.17. The van der Waals surface area contributed by atoms with Crippen LogP contribution >= 0.6 is 0 Å². The Bertz CT molecular complexity index is 487. The molecule has 0 radical (unpaired) electrons. The molecule has 0 saturated carbocycles. The maximum absolute atomic E-state index is 12.0. The van der Waals surface area contributed by atoms with Crippen molar-refractivity contribution in [3.63, 3.8) is 0 Å². The number of nitro groups is 1. The molecule has 0 bridgehead atoms. The molecule has 0 amide bonds. The van der Waals surface area contributed by atoms with Crippen LogP contribution in [0.15, 0.2) is 18.2 Å². The fraction of sp³-hybridized carbons (Fsp3) is 0.222. The van der Waals surface area contributed by atoms with Gasteiger partial charge in [0, 0.05) is 17.8 Å². The second-order valence-electron chi connectivity index (χ2n) is 3.26. The zero-order valence-corrected chi connectivity index (χ0v) is 8.69. The molecule has 98 valence electrons. The molecule has 18 heavy (non-hydrogen) atoms. The van der Waals surface area contributed by atoms with Gasteiger partial charge in [-0.1, -0.05) is 0 Å². The summed E-state index contributed by atoms with van der Waals surface area (Å²) in [5.41, 5.74) is -1.43. The van der Waals surface area contributed by atoms with E-state index in [9.17, 15) is 28.1 Å². The second-order valence-corrected chi connectivity index (χ2v) is 3.26. The van der Waals surface area contributed by atoms with E-state index in [1.165, 1.54) is 0 Å². The highest BCUT2D eigenvalue weighted by Crippen LogP contribution is 2.24. The molecular formula is C9H7F3N2O4. The molecule has 0 aliphatic heterocycles. The molecule has 6 nitrogen and oxygen atoms in total. The minimum absolute atomic E-state index is 0.328. The number of hydrogen-bond donors (Lipinski definition) is 2. The third-order valence-corrected chi connectivity index (χ3v) is 1.92. The molecule has 0 unspecified atom stereocenters. The third-order valence-electron chi connectivity index (χ3n) is 1.92. The number of carbonyl (C=O) groups is 1. The van der Waals surface area contributed by atoms with E-state index in [1.807, 2.05) is 5.32 Å². The van der Waals surface area contributed by atoms with Crippen LogP contribution in [0.4, 0.5) is 24.5 Å². The Morgan fingerprint density at radius 2 is 2.06 bits per heavy atom. The summed E-state index contributed by atoms with van der Waals surface area (Å²) in [5.74, 6) is -1.55. The van der Waals surface area contributed by atoms with Gasteiger partial charge in [0.05, 0.1) is 10.5 Å². The van der Waals surface area contributed by atoms with Gasteiger partial charge in [-0.05, 0) is 6.07 Å². The van der Waals surface area contributed by atoms with Crippen molar-refractivity contribution in [3.8, 4) is 0 Å². The molecule has 1 aromatic rings. The van der Waals surface area contributed by atoms with Crippen LogP contribution in [0.3, 0.4) is 0 Å². The predicted octanol–water partition coefficient (Wildman–Crippen LogP) is 2.27. The van der Waals surface area contributed by atoms with Gasteiger partial charge in [-0.15, -0.1) is 0 Å². The monoisotopic (exact) mass is 264 g/mol. The van der Waals surface area contributed by atoms with Crippen LogP contribution in [0.25, 0.3) is 0 Å². The lowest BCUT2D eigenvalue weighted by Gasteiger charge is -2.11. The number of aromatic carboxylic acids is 1. The molecule has 0 aliphatic rings. The number of anilines is 1. The molecule has 1 rings (SSSR count). The number of benzene rings is 1. The standard InChI is InChI=1S/C9H7F3N2O4/c10-9(11,12)4-13-7-2-1-5(14(17)18)3-6(7)8(15)16/h1-3,13H,4H2,(H,15,16). The van der Waals surface area contributed by atoms with Crippen LogP contribution in [0.2, 0.25) is 0 Å². The summed E-state index contributed by atoms with van der Waals surface area (Å²) in [4.78, 5) is 20.4. The summed E-state index contributed by atoms with van der Waals surface area (Å²) < 4.78 is 35.9. The minimum atomic E-state index is -4.52. The average molecular weight is 264 g/mol. The minimum Gasteiger partial charge on any atom is -0.478 e. The van der Waals surface area contributed by atoms with Crippen molar-refractivity contribution in [2.24, 2.45) is 0 Å². The predicted molar refractivity (Wildman–Crippen MR) is 54.6 cm³/mol. The highest BCUT2D eigenvalue weighted by atomic mass is 19.4. The van der Waals surface area contributed by atoms with Crippen molar-refractivity contribution >= 4 is 17.3 Å². The van der Waals surface area contributed by atoms with Crippen LogP contribution in [-0.4, -0.2) is 28.7 Å². The van der Waals surface area contributed by atoms with Gasteiger partial charge in [0.1, 0.15) is 6.54 Å². The van der Waals surface area contributed by atoms with Crippen LogP contribution in [-0.2, 0) is 0 Å². The van der Waals surface area contributed by atoms with E-state index in [0.29, 0.717) is 6.07 Å². The van der Waals surface area contributed by atoms with E-state index in [1.54, 1.807) is 0 Å². The van der Waals surface area contributed by atoms with Crippen molar-refractivity contribution in [3.05, 3.63) is 33.9 Å². The Kier molecular flexibility index (Phi) is 3.74.